The number of thiophene rings is 1. The van der Waals surface area contributed by atoms with Gasteiger partial charge in [-0.1, -0.05) is 11.6 Å². The topological polar surface area (TPSA) is 20.2 Å². The van der Waals surface area contributed by atoms with E-state index in [0.29, 0.717) is 5.92 Å². The molecule has 1 saturated carbocycles. The second kappa shape index (κ2) is 3.36. The predicted octanol–water partition coefficient (Wildman–Crippen LogP) is 3.03. The normalized spacial score (nSPS) is 29.5. The lowest BCUT2D eigenvalue weighted by Crippen LogP contribution is -1.98. The number of aliphatic hydroxyl groups is 1. The molecular formula is C9H11ClOS. The minimum absolute atomic E-state index is 0.0872. The van der Waals surface area contributed by atoms with Crippen LogP contribution in [0.15, 0.2) is 12.1 Å². The van der Waals surface area contributed by atoms with Crippen molar-refractivity contribution in [2.45, 2.75) is 31.3 Å². The van der Waals surface area contributed by atoms with Crippen LogP contribution in [-0.4, -0.2) is 11.2 Å². The fourth-order valence-corrected chi connectivity index (χ4v) is 2.97. The summed E-state index contributed by atoms with van der Waals surface area (Å²) in [6, 6.07) is 4.02. The molecule has 0 aromatic carbocycles. The van der Waals surface area contributed by atoms with Gasteiger partial charge in [0.25, 0.3) is 0 Å². The van der Waals surface area contributed by atoms with Crippen molar-refractivity contribution in [1.82, 2.24) is 0 Å². The van der Waals surface area contributed by atoms with Crippen LogP contribution >= 0.6 is 22.9 Å². The van der Waals surface area contributed by atoms with Gasteiger partial charge < -0.3 is 5.11 Å². The van der Waals surface area contributed by atoms with E-state index < -0.39 is 0 Å². The Balaban J connectivity index is 2.11. The average Bonchev–Trinajstić information content (AvgIpc) is 2.58. The van der Waals surface area contributed by atoms with Crippen LogP contribution in [0.4, 0.5) is 0 Å². The van der Waals surface area contributed by atoms with Crippen molar-refractivity contribution in [3.8, 4) is 0 Å². The molecule has 0 saturated heterocycles. The fraction of sp³-hybridized carbons (Fsp3) is 0.556. The maximum Gasteiger partial charge on any atom is 0.0931 e. The smallest absolute Gasteiger partial charge is 0.0931 e. The van der Waals surface area contributed by atoms with Crippen LogP contribution in [0.2, 0.25) is 4.34 Å². The molecule has 0 bridgehead atoms. The van der Waals surface area contributed by atoms with Crippen LogP contribution in [0.3, 0.4) is 0 Å². The lowest BCUT2D eigenvalue weighted by molar-refractivity contribution is 0.181. The number of halogens is 1. The van der Waals surface area contributed by atoms with Crippen molar-refractivity contribution in [1.29, 1.82) is 0 Å². The van der Waals surface area contributed by atoms with Gasteiger partial charge in [0.2, 0.25) is 0 Å². The molecule has 0 spiro atoms. The second-order valence-electron chi connectivity index (χ2n) is 3.31. The summed E-state index contributed by atoms with van der Waals surface area (Å²) in [6.07, 6.45) is 2.88. The monoisotopic (exact) mass is 202 g/mol. The minimum Gasteiger partial charge on any atom is -0.393 e. The zero-order chi connectivity index (χ0) is 8.55. The third kappa shape index (κ3) is 1.65. The van der Waals surface area contributed by atoms with Gasteiger partial charge >= 0.3 is 0 Å². The molecule has 2 rings (SSSR count). The Morgan fingerprint density at radius 1 is 1.42 bits per heavy atom. The molecule has 0 radical (unpaired) electrons. The fourth-order valence-electron chi connectivity index (χ4n) is 1.76. The molecule has 1 N–H and O–H groups in total. The van der Waals surface area contributed by atoms with Crippen LogP contribution in [-0.2, 0) is 0 Å². The molecule has 1 aliphatic carbocycles. The Hall–Kier alpha value is -0.0500. The molecule has 2 atom stereocenters. The van der Waals surface area contributed by atoms with E-state index in [2.05, 4.69) is 6.07 Å². The zero-order valence-electron chi connectivity index (χ0n) is 6.66. The highest BCUT2D eigenvalue weighted by atomic mass is 35.5. The van der Waals surface area contributed by atoms with Gasteiger partial charge in [0, 0.05) is 4.88 Å². The molecular weight excluding hydrogens is 192 g/mol. The molecule has 1 aromatic rings. The first-order chi connectivity index (χ1) is 5.75. The molecule has 66 valence electrons. The van der Waals surface area contributed by atoms with E-state index in [1.807, 2.05) is 6.07 Å². The van der Waals surface area contributed by atoms with Crippen LogP contribution in [0, 0.1) is 0 Å². The highest BCUT2D eigenvalue weighted by Gasteiger charge is 2.24. The van der Waals surface area contributed by atoms with Crippen molar-refractivity contribution in [2.24, 2.45) is 0 Å². The summed E-state index contributed by atoms with van der Waals surface area (Å²) in [7, 11) is 0. The van der Waals surface area contributed by atoms with E-state index in [0.717, 1.165) is 23.6 Å². The molecule has 0 aliphatic heterocycles. The van der Waals surface area contributed by atoms with Gasteiger partial charge in [0.15, 0.2) is 0 Å². The summed E-state index contributed by atoms with van der Waals surface area (Å²) in [5, 5.41) is 9.34. The molecule has 12 heavy (non-hydrogen) atoms. The highest BCUT2D eigenvalue weighted by Crippen LogP contribution is 2.38. The lowest BCUT2D eigenvalue weighted by atomic mass is 10.1. The maximum atomic E-state index is 9.34. The Bertz CT molecular complexity index is 271. The van der Waals surface area contributed by atoms with Crippen LogP contribution in [0.5, 0.6) is 0 Å². The van der Waals surface area contributed by atoms with Gasteiger partial charge in [-0.25, -0.2) is 0 Å². The van der Waals surface area contributed by atoms with Crippen LogP contribution in [0.25, 0.3) is 0 Å². The third-order valence-corrected chi connectivity index (χ3v) is 3.79. The Morgan fingerprint density at radius 3 is 2.75 bits per heavy atom. The van der Waals surface area contributed by atoms with E-state index >= 15 is 0 Å². The largest absolute Gasteiger partial charge is 0.393 e. The standard InChI is InChI=1S/C9H11ClOS/c10-9-4-3-8(12-9)6-1-2-7(11)5-6/h3-4,6-7,11H,1-2,5H2. The van der Waals surface area contributed by atoms with E-state index in [9.17, 15) is 5.11 Å². The quantitative estimate of drug-likeness (QED) is 0.743. The van der Waals surface area contributed by atoms with E-state index in [-0.39, 0.29) is 6.10 Å². The first-order valence-corrected chi connectivity index (χ1v) is 5.38. The molecule has 3 heteroatoms. The van der Waals surface area contributed by atoms with Gasteiger partial charge in [0.1, 0.15) is 0 Å². The van der Waals surface area contributed by atoms with Crippen molar-refractivity contribution in [2.75, 3.05) is 0 Å². The Kier molecular flexibility index (Phi) is 2.40. The second-order valence-corrected chi connectivity index (χ2v) is 5.05. The summed E-state index contributed by atoms with van der Waals surface area (Å²) >= 11 is 7.47. The van der Waals surface area contributed by atoms with Gasteiger partial charge in [-0.3, -0.25) is 0 Å². The zero-order valence-corrected chi connectivity index (χ0v) is 8.24. The number of rotatable bonds is 1. The highest BCUT2D eigenvalue weighted by molar-refractivity contribution is 7.16. The first kappa shape index (κ1) is 8.54. The molecule has 2 unspecified atom stereocenters. The Labute approximate surface area is 81.0 Å². The first-order valence-electron chi connectivity index (χ1n) is 4.19. The van der Waals surface area contributed by atoms with Gasteiger partial charge in [-0.05, 0) is 37.3 Å². The molecule has 1 aliphatic rings. The summed E-state index contributed by atoms with van der Waals surface area (Å²) in [5.41, 5.74) is 0. The van der Waals surface area contributed by atoms with Crippen molar-refractivity contribution >= 4 is 22.9 Å². The number of hydrogen-bond acceptors (Lipinski definition) is 2. The van der Waals surface area contributed by atoms with Crippen molar-refractivity contribution < 1.29 is 5.11 Å². The van der Waals surface area contributed by atoms with Gasteiger partial charge in [-0.2, -0.15) is 0 Å². The summed E-state index contributed by atoms with van der Waals surface area (Å²) in [5.74, 6) is 0.553. The van der Waals surface area contributed by atoms with E-state index in [4.69, 9.17) is 11.6 Å². The third-order valence-electron chi connectivity index (χ3n) is 2.40. The summed E-state index contributed by atoms with van der Waals surface area (Å²) in [6.45, 7) is 0. The number of aliphatic hydroxyl groups excluding tert-OH is 1. The minimum atomic E-state index is -0.0872. The predicted molar refractivity (Wildman–Crippen MR) is 51.9 cm³/mol. The van der Waals surface area contributed by atoms with Crippen LogP contribution < -0.4 is 0 Å². The molecule has 0 amide bonds. The molecule has 1 heterocycles. The van der Waals surface area contributed by atoms with Crippen LogP contribution in [0.1, 0.15) is 30.1 Å². The number of hydrogen-bond donors (Lipinski definition) is 1. The molecule has 1 fully saturated rings. The van der Waals surface area contributed by atoms with E-state index in [1.54, 1.807) is 11.3 Å². The lowest BCUT2D eigenvalue weighted by Gasteiger charge is -2.04. The maximum absolute atomic E-state index is 9.34. The van der Waals surface area contributed by atoms with Crippen molar-refractivity contribution in [3.63, 3.8) is 0 Å². The molecule has 1 aromatic heterocycles. The average molecular weight is 203 g/mol. The SMILES string of the molecule is OC1CCC(c2ccc(Cl)s2)C1. The Morgan fingerprint density at radius 2 is 2.25 bits per heavy atom. The summed E-state index contributed by atoms with van der Waals surface area (Å²) in [4.78, 5) is 1.33. The molecule has 1 nitrogen and oxygen atoms in total. The van der Waals surface area contributed by atoms with E-state index in [1.165, 1.54) is 4.88 Å². The van der Waals surface area contributed by atoms with Gasteiger partial charge in [0.05, 0.1) is 10.4 Å². The van der Waals surface area contributed by atoms with Crippen molar-refractivity contribution in [3.05, 3.63) is 21.3 Å². The summed E-state index contributed by atoms with van der Waals surface area (Å²) < 4.78 is 0.853. The van der Waals surface area contributed by atoms with Gasteiger partial charge in [-0.15, -0.1) is 11.3 Å².